The molecular weight excluding hydrogens is 594 g/mol. The Balaban J connectivity index is 2.03. The Hall–Kier alpha value is -3.21. The molecular formula is C31H38ClN3O5S2. The van der Waals surface area contributed by atoms with Gasteiger partial charge in [-0.15, -0.1) is 11.8 Å². The summed E-state index contributed by atoms with van der Waals surface area (Å²) in [7, 11) is -4.17. The van der Waals surface area contributed by atoms with Gasteiger partial charge < -0.3 is 15.0 Å². The summed E-state index contributed by atoms with van der Waals surface area (Å²) >= 11 is 7.92. The van der Waals surface area contributed by atoms with Crippen molar-refractivity contribution in [2.45, 2.75) is 50.1 Å². The van der Waals surface area contributed by atoms with Crippen LogP contribution in [0.5, 0.6) is 5.75 Å². The number of sulfonamides is 1. The highest BCUT2D eigenvalue weighted by Crippen LogP contribution is 2.28. The van der Waals surface area contributed by atoms with Crippen molar-refractivity contribution in [2.24, 2.45) is 5.92 Å². The lowest BCUT2D eigenvalue weighted by Gasteiger charge is -2.32. The number of hydrogen-bond acceptors (Lipinski definition) is 6. The maximum atomic E-state index is 14.0. The van der Waals surface area contributed by atoms with Crippen molar-refractivity contribution in [2.75, 3.05) is 30.3 Å². The van der Waals surface area contributed by atoms with Crippen molar-refractivity contribution in [1.29, 1.82) is 0 Å². The van der Waals surface area contributed by atoms with E-state index in [0.717, 1.165) is 9.20 Å². The van der Waals surface area contributed by atoms with Crippen molar-refractivity contribution >= 4 is 50.9 Å². The molecule has 226 valence electrons. The second-order valence-corrected chi connectivity index (χ2v) is 13.2. The van der Waals surface area contributed by atoms with Crippen molar-refractivity contribution < 1.29 is 22.7 Å². The van der Waals surface area contributed by atoms with Crippen LogP contribution in [0.2, 0.25) is 5.02 Å². The largest absolute Gasteiger partial charge is 0.494 e. The number of nitrogens with zero attached hydrogens (tertiary/aromatic N) is 2. The third kappa shape index (κ3) is 8.65. The number of carbonyl (C=O) groups is 2. The second-order valence-electron chi connectivity index (χ2n) is 10.0. The van der Waals surface area contributed by atoms with Crippen LogP contribution >= 0.6 is 23.4 Å². The van der Waals surface area contributed by atoms with Crippen molar-refractivity contribution in [3.63, 3.8) is 0 Å². The molecule has 0 heterocycles. The van der Waals surface area contributed by atoms with Crippen LogP contribution in [0.4, 0.5) is 5.69 Å². The lowest BCUT2D eigenvalue weighted by Crippen LogP contribution is -2.51. The van der Waals surface area contributed by atoms with E-state index in [9.17, 15) is 18.0 Å². The summed E-state index contributed by atoms with van der Waals surface area (Å²) < 4.78 is 34.6. The average Bonchev–Trinajstić information content (AvgIpc) is 2.98. The summed E-state index contributed by atoms with van der Waals surface area (Å²) in [6.45, 7) is 7.81. The van der Waals surface area contributed by atoms with Gasteiger partial charge in [0.05, 0.1) is 17.2 Å². The van der Waals surface area contributed by atoms with Gasteiger partial charge in [-0.2, -0.15) is 0 Å². The molecule has 3 aromatic carbocycles. The van der Waals surface area contributed by atoms with E-state index in [4.69, 9.17) is 16.3 Å². The van der Waals surface area contributed by atoms with Gasteiger partial charge in [0, 0.05) is 23.0 Å². The van der Waals surface area contributed by atoms with Crippen LogP contribution in [-0.4, -0.2) is 57.1 Å². The number of carbonyl (C=O) groups excluding carboxylic acids is 2. The molecule has 11 heteroatoms. The molecule has 0 aliphatic carbocycles. The number of benzene rings is 3. The fraction of sp³-hybridized carbons (Fsp3) is 0.355. The summed E-state index contributed by atoms with van der Waals surface area (Å²) in [5.74, 6) is -0.107. The Labute approximate surface area is 258 Å². The average molecular weight is 632 g/mol. The van der Waals surface area contributed by atoms with Crippen LogP contribution in [0.1, 0.15) is 33.3 Å². The van der Waals surface area contributed by atoms with Crippen LogP contribution in [0.25, 0.3) is 0 Å². The Morgan fingerprint density at radius 2 is 1.62 bits per heavy atom. The van der Waals surface area contributed by atoms with E-state index in [1.807, 2.05) is 27.0 Å². The van der Waals surface area contributed by atoms with E-state index in [1.54, 1.807) is 67.6 Å². The van der Waals surface area contributed by atoms with Crippen LogP contribution in [0.3, 0.4) is 0 Å². The molecule has 42 heavy (non-hydrogen) atoms. The van der Waals surface area contributed by atoms with E-state index >= 15 is 0 Å². The Bertz CT molecular complexity index is 1450. The fourth-order valence-electron chi connectivity index (χ4n) is 4.12. The molecule has 8 nitrogen and oxygen atoms in total. The van der Waals surface area contributed by atoms with Gasteiger partial charge in [0.2, 0.25) is 11.8 Å². The lowest BCUT2D eigenvalue weighted by molar-refractivity contribution is -0.139. The van der Waals surface area contributed by atoms with E-state index in [0.29, 0.717) is 29.5 Å². The number of hydrogen-bond donors (Lipinski definition) is 1. The highest BCUT2D eigenvalue weighted by Gasteiger charge is 2.33. The molecule has 0 saturated carbocycles. The topological polar surface area (TPSA) is 96.0 Å². The minimum atomic E-state index is -4.17. The third-order valence-corrected chi connectivity index (χ3v) is 9.41. The van der Waals surface area contributed by atoms with Crippen molar-refractivity contribution in [1.82, 2.24) is 10.2 Å². The molecule has 0 aliphatic heterocycles. The lowest BCUT2D eigenvalue weighted by atomic mass is 10.1. The van der Waals surface area contributed by atoms with E-state index in [2.05, 4.69) is 5.32 Å². The minimum absolute atomic E-state index is 0.0222. The smallest absolute Gasteiger partial charge is 0.264 e. The van der Waals surface area contributed by atoms with E-state index in [-0.39, 0.29) is 29.0 Å². The number of ether oxygens (including phenoxy) is 1. The van der Waals surface area contributed by atoms with Gasteiger partial charge in [0.25, 0.3) is 10.0 Å². The molecule has 1 N–H and O–H groups in total. The van der Waals surface area contributed by atoms with Gasteiger partial charge >= 0.3 is 0 Å². The first kappa shape index (κ1) is 33.3. The zero-order valence-corrected chi connectivity index (χ0v) is 26.9. The van der Waals surface area contributed by atoms with Crippen LogP contribution < -0.4 is 14.4 Å². The monoisotopic (exact) mass is 631 g/mol. The second kappa shape index (κ2) is 15.3. The highest BCUT2D eigenvalue weighted by atomic mass is 35.5. The van der Waals surface area contributed by atoms with Gasteiger partial charge in [-0.1, -0.05) is 43.6 Å². The molecule has 3 aromatic rings. The van der Waals surface area contributed by atoms with Crippen LogP contribution in [0, 0.1) is 5.92 Å². The standard InChI is InChI=1S/C31H38ClN3O5S2/c1-6-40-26-13-11-25(12-14-26)35(42(38,39)28-17-15-27(41-5)16-18-28)21-30(36)34(20-24-9-7-8-10-29(24)32)23(4)31(37)33-19-22(2)3/h7-18,22-23H,6,19-21H2,1-5H3,(H,33,37)/t23-/m0/s1. The number of thioether (sulfide) groups is 1. The summed E-state index contributed by atoms with van der Waals surface area (Å²) in [6, 6.07) is 19.2. The molecule has 0 radical (unpaired) electrons. The number of anilines is 1. The number of amides is 2. The molecule has 3 rings (SSSR count). The zero-order valence-electron chi connectivity index (χ0n) is 24.5. The molecule has 0 unspecified atom stereocenters. The Kier molecular flexibility index (Phi) is 12.1. The van der Waals surface area contributed by atoms with E-state index < -0.39 is 28.5 Å². The normalized spacial score (nSPS) is 12.1. The summed E-state index contributed by atoms with van der Waals surface area (Å²) in [4.78, 5) is 29.5. The van der Waals surface area contributed by atoms with Gasteiger partial charge in [0.15, 0.2) is 0 Å². The predicted molar refractivity (Wildman–Crippen MR) is 170 cm³/mol. The first-order valence-corrected chi connectivity index (χ1v) is 16.7. The van der Waals surface area contributed by atoms with Gasteiger partial charge in [-0.3, -0.25) is 13.9 Å². The zero-order chi connectivity index (χ0) is 30.9. The maximum absolute atomic E-state index is 14.0. The maximum Gasteiger partial charge on any atom is 0.264 e. The minimum Gasteiger partial charge on any atom is -0.494 e. The molecule has 0 fully saturated rings. The molecule has 0 aliphatic rings. The SMILES string of the molecule is CCOc1ccc(N(CC(=O)N(Cc2ccccc2Cl)[C@@H](C)C(=O)NCC(C)C)S(=O)(=O)c2ccc(SC)cc2)cc1. The Morgan fingerprint density at radius 3 is 2.19 bits per heavy atom. The fourth-order valence-corrected chi connectivity index (χ4v) is 6.14. The highest BCUT2D eigenvalue weighted by molar-refractivity contribution is 7.98. The van der Waals surface area contributed by atoms with Gasteiger partial charge in [-0.25, -0.2) is 8.42 Å². The summed E-state index contributed by atoms with van der Waals surface area (Å²) in [5.41, 5.74) is 0.925. The van der Waals surface area contributed by atoms with Crippen LogP contribution in [-0.2, 0) is 26.2 Å². The molecule has 2 amide bonds. The predicted octanol–water partition coefficient (Wildman–Crippen LogP) is 5.85. The Morgan fingerprint density at radius 1 is 0.976 bits per heavy atom. The van der Waals surface area contributed by atoms with Gasteiger partial charge in [-0.05, 0) is 86.2 Å². The van der Waals surface area contributed by atoms with Crippen molar-refractivity contribution in [3.8, 4) is 5.75 Å². The van der Waals surface area contributed by atoms with Crippen LogP contribution in [0.15, 0.2) is 82.6 Å². The number of halogens is 1. The number of rotatable bonds is 14. The molecule has 1 atom stereocenters. The van der Waals surface area contributed by atoms with E-state index in [1.165, 1.54) is 28.8 Å². The summed E-state index contributed by atoms with van der Waals surface area (Å²) in [6.07, 6.45) is 1.90. The summed E-state index contributed by atoms with van der Waals surface area (Å²) in [5, 5.41) is 3.31. The molecule has 0 bridgehead atoms. The molecule has 0 spiro atoms. The first-order chi connectivity index (χ1) is 20.0. The molecule has 0 saturated heterocycles. The quantitative estimate of drug-likeness (QED) is 0.225. The third-order valence-electron chi connectivity index (χ3n) is 6.51. The molecule has 0 aromatic heterocycles. The number of nitrogens with one attached hydrogen (secondary N) is 1. The first-order valence-electron chi connectivity index (χ1n) is 13.7. The van der Waals surface area contributed by atoms with Crippen molar-refractivity contribution in [3.05, 3.63) is 83.4 Å². The van der Waals surface area contributed by atoms with Gasteiger partial charge in [0.1, 0.15) is 18.3 Å².